The number of hydrogen-bond donors (Lipinski definition) is 8. The summed E-state index contributed by atoms with van der Waals surface area (Å²) in [6.45, 7) is 0.937. The zero-order valence-corrected chi connectivity index (χ0v) is 24.2. The first kappa shape index (κ1) is 32.7. The van der Waals surface area contributed by atoms with E-state index in [0.29, 0.717) is 5.56 Å². The summed E-state index contributed by atoms with van der Waals surface area (Å²) < 4.78 is 38.5. The molecule has 0 aliphatic carbocycles. The molecule has 0 saturated carbocycles. The van der Waals surface area contributed by atoms with Crippen molar-refractivity contribution in [3.63, 3.8) is 0 Å². The Labute approximate surface area is 254 Å². The fourth-order valence-electron chi connectivity index (χ4n) is 5.15. The molecule has 3 heterocycles. The van der Waals surface area contributed by atoms with Crippen molar-refractivity contribution in [2.24, 2.45) is 0 Å². The predicted molar refractivity (Wildman–Crippen MR) is 150 cm³/mol. The predicted octanol–water partition coefficient (Wildman–Crippen LogP) is -1.08. The number of phenols is 2. The summed E-state index contributed by atoms with van der Waals surface area (Å²) in [7, 11) is 2.58. The normalized spacial score (nSPS) is 31.9. The maximum Gasteiger partial charge on any atom is 0.239 e. The standard InChI is InChI=1S/C29H34O16/c1-10-19(32)22(35)24(37)28(42-10)41-9-17-20(33)23(36)25(38)29(45-17)43-12-7-14(31)18-16(8-12)44-26(27(40-3)21(18)34)11-4-5-13(30)15(6-11)39-2/h4-8,10,17,19-20,22-25,28-33,35-38H,9H2,1-3H3. The third-order valence-electron chi connectivity index (χ3n) is 7.71. The Morgan fingerprint density at radius 3 is 2.16 bits per heavy atom. The summed E-state index contributed by atoms with van der Waals surface area (Å²) in [6, 6.07) is 6.44. The van der Waals surface area contributed by atoms with E-state index in [-0.39, 0.29) is 39.7 Å². The Bertz CT molecular complexity index is 1570. The van der Waals surface area contributed by atoms with Gasteiger partial charge in [-0.25, -0.2) is 0 Å². The van der Waals surface area contributed by atoms with Crippen molar-refractivity contribution in [3.8, 4) is 40.1 Å². The van der Waals surface area contributed by atoms with Gasteiger partial charge in [0.2, 0.25) is 17.5 Å². The minimum absolute atomic E-state index is 0.0615. The van der Waals surface area contributed by atoms with Gasteiger partial charge in [0, 0.05) is 17.7 Å². The summed E-state index contributed by atoms with van der Waals surface area (Å²) in [4.78, 5) is 13.3. The van der Waals surface area contributed by atoms with E-state index >= 15 is 0 Å². The maximum absolute atomic E-state index is 13.3. The second kappa shape index (κ2) is 13.0. The average molecular weight is 639 g/mol. The van der Waals surface area contributed by atoms with Crippen LogP contribution in [0.3, 0.4) is 0 Å². The van der Waals surface area contributed by atoms with Crippen LogP contribution in [0.25, 0.3) is 22.3 Å². The quantitative estimate of drug-likeness (QED) is 0.146. The molecule has 10 unspecified atom stereocenters. The van der Waals surface area contributed by atoms with Crippen molar-refractivity contribution in [2.75, 3.05) is 20.8 Å². The number of aromatic hydroxyl groups is 2. The molecule has 1 aromatic heterocycles. The smallest absolute Gasteiger partial charge is 0.239 e. The third kappa shape index (κ3) is 6.11. The number of phenolic OH excluding ortho intramolecular Hbond substituents is 2. The van der Waals surface area contributed by atoms with Gasteiger partial charge in [-0.05, 0) is 25.1 Å². The molecule has 0 bridgehead atoms. The van der Waals surface area contributed by atoms with Crippen LogP contribution in [0.4, 0.5) is 0 Å². The summed E-state index contributed by atoms with van der Waals surface area (Å²) >= 11 is 0. The first-order valence-corrected chi connectivity index (χ1v) is 13.8. The van der Waals surface area contributed by atoms with Crippen LogP contribution in [0.5, 0.6) is 28.7 Å². The van der Waals surface area contributed by atoms with Crippen LogP contribution < -0.4 is 19.6 Å². The van der Waals surface area contributed by atoms with Gasteiger partial charge in [0.15, 0.2) is 23.5 Å². The molecule has 16 heteroatoms. The van der Waals surface area contributed by atoms with E-state index in [1.165, 1.54) is 45.4 Å². The summed E-state index contributed by atoms with van der Waals surface area (Å²) in [5.74, 6) is -1.12. The van der Waals surface area contributed by atoms with Gasteiger partial charge in [0.05, 0.1) is 26.9 Å². The summed E-state index contributed by atoms with van der Waals surface area (Å²) in [5, 5.41) is 82.1. The van der Waals surface area contributed by atoms with Crippen molar-refractivity contribution < 1.29 is 73.7 Å². The van der Waals surface area contributed by atoms with E-state index in [4.69, 9.17) is 32.8 Å². The van der Waals surface area contributed by atoms with Gasteiger partial charge in [-0.15, -0.1) is 0 Å². The molecular formula is C29H34O16. The third-order valence-corrected chi connectivity index (χ3v) is 7.71. The van der Waals surface area contributed by atoms with E-state index in [2.05, 4.69) is 0 Å². The van der Waals surface area contributed by atoms with Gasteiger partial charge in [-0.1, -0.05) is 0 Å². The zero-order chi connectivity index (χ0) is 32.7. The van der Waals surface area contributed by atoms with Crippen molar-refractivity contribution >= 4 is 11.0 Å². The number of aliphatic hydroxyl groups is 6. The largest absolute Gasteiger partial charge is 0.507 e. The molecule has 5 rings (SSSR count). The van der Waals surface area contributed by atoms with Crippen LogP contribution in [0.2, 0.25) is 0 Å². The van der Waals surface area contributed by atoms with Gasteiger partial charge in [-0.2, -0.15) is 0 Å². The highest BCUT2D eigenvalue weighted by Gasteiger charge is 2.47. The van der Waals surface area contributed by atoms with Gasteiger partial charge >= 0.3 is 0 Å². The lowest BCUT2D eigenvalue weighted by molar-refractivity contribution is -0.318. The van der Waals surface area contributed by atoms with Crippen LogP contribution in [-0.4, -0.2) is 123 Å². The molecule has 0 amide bonds. The molecule has 246 valence electrons. The van der Waals surface area contributed by atoms with E-state index in [0.717, 1.165) is 6.07 Å². The highest BCUT2D eigenvalue weighted by Crippen LogP contribution is 2.39. The average Bonchev–Trinajstić information content (AvgIpc) is 3.01. The Kier molecular flexibility index (Phi) is 9.41. The Morgan fingerprint density at radius 1 is 0.778 bits per heavy atom. The topological polar surface area (TPSA) is 247 Å². The first-order chi connectivity index (χ1) is 21.4. The summed E-state index contributed by atoms with van der Waals surface area (Å²) in [6.07, 6.45) is -15.2. The van der Waals surface area contributed by atoms with Crippen LogP contribution in [0.1, 0.15) is 6.92 Å². The summed E-state index contributed by atoms with van der Waals surface area (Å²) in [5.41, 5.74) is -0.601. The lowest BCUT2D eigenvalue weighted by Gasteiger charge is -2.42. The molecule has 8 N–H and O–H groups in total. The second-order valence-corrected chi connectivity index (χ2v) is 10.6. The zero-order valence-electron chi connectivity index (χ0n) is 24.2. The number of hydrogen-bond acceptors (Lipinski definition) is 16. The molecule has 0 radical (unpaired) electrons. The Balaban J connectivity index is 1.41. The minimum atomic E-state index is -1.80. The lowest BCUT2D eigenvalue weighted by Crippen LogP contribution is -2.61. The molecule has 10 atom stereocenters. The molecule has 2 fully saturated rings. The number of rotatable bonds is 8. The van der Waals surface area contributed by atoms with E-state index < -0.39 is 79.2 Å². The van der Waals surface area contributed by atoms with Gasteiger partial charge in [0.1, 0.15) is 65.2 Å². The van der Waals surface area contributed by atoms with Crippen molar-refractivity contribution in [1.29, 1.82) is 0 Å². The minimum Gasteiger partial charge on any atom is -0.507 e. The molecule has 2 aliphatic rings. The van der Waals surface area contributed by atoms with Crippen LogP contribution >= 0.6 is 0 Å². The van der Waals surface area contributed by atoms with Crippen molar-refractivity contribution in [2.45, 2.75) is 68.3 Å². The number of fused-ring (bicyclic) bond motifs is 1. The Hall–Kier alpha value is -3.71. The monoisotopic (exact) mass is 638 g/mol. The fraction of sp³-hybridized carbons (Fsp3) is 0.483. The molecule has 45 heavy (non-hydrogen) atoms. The van der Waals surface area contributed by atoms with Crippen LogP contribution in [0.15, 0.2) is 39.5 Å². The van der Waals surface area contributed by atoms with Crippen molar-refractivity contribution in [3.05, 3.63) is 40.6 Å². The highest BCUT2D eigenvalue weighted by atomic mass is 16.7. The molecule has 2 aromatic carbocycles. The number of aliphatic hydroxyl groups excluding tert-OH is 6. The molecule has 0 spiro atoms. The molecule has 2 aliphatic heterocycles. The molecule has 2 saturated heterocycles. The SMILES string of the molecule is COc1cc(-c2oc3cc(OC4OC(COC5OC(C)C(O)C(O)C5O)C(O)C(O)C4O)cc(O)c3c(=O)c2OC)ccc1O. The molecule has 3 aromatic rings. The van der Waals surface area contributed by atoms with Gasteiger partial charge < -0.3 is 73.7 Å². The Morgan fingerprint density at radius 2 is 1.47 bits per heavy atom. The van der Waals surface area contributed by atoms with Gasteiger partial charge in [-0.3, -0.25) is 4.79 Å². The number of ether oxygens (including phenoxy) is 6. The first-order valence-electron chi connectivity index (χ1n) is 13.8. The highest BCUT2D eigenvalue weighted by molar-refractivity contribution is 5.88. The second-order valence-electron chi connectivity index (χ2n) is 10.6. The van der Waals surface area contributed by atoms with Gasteiger partial charge in [0.25, 0.3) is 0 Å². The van der Waals surface area contributed by atoms with Crippen LogP contribution in [0, 0.1) is 0 Å². The van der Waals surface area contributed by atoms with Crippen LogP contribution in [-0.2, 0) is 14.2 Å². The lowest BCUT2D eigenvalue weighted by atomic mass is 9.98. The maximum atomic E-state index is 13.3. The van der Waals surface area contributed by atoms with E-state index in [9.17, 15) is 45.6 Å². The fourth-order valence-corrected chi connectivity index (χ4v) is 5.15. The van der Waals surface area contributed by atoms with E-state index in [1.807, 2.05) is 0 Å². The van der Waals surface area contributed by atoms with E-state index in [1.54, 1.807) is 0 Å². The molecular weight excluding hydrogens is 604 g/mol. The van der Waals surface area contributed by atoms with Crippen molar-refractivity contribution in [1.82, 2.24) is 0 Å². The number of benzene rings is 2. The number of methoxy groups -OCH3 is 2. The molecule has 16 nitrogen and oxygen atoms in total.